The van der Waals surface area contributed by atoms with Crippen molar-refractivity contribution in [2.75, 3.05) is 7.11 Å². The fourth-order valence-corrected chi connectivity index (χ4v) is 1.97. The van der Waals surface area contributed by atoms with Crippen molar-refractivity contribution in [2.45, 2.75) is 5.38 Å². The molecule has 0 spiro atoms. The van der Waals surface area contributed by atoms with Crippen LogP contribution in [0.1, 0.15) is 16.6 Å². The second-order valence-electron chi connectivity index (χ2n) is 3.28. The Morgan fingerprint density at radius 2 is 1.89 bits per heavy atom. The molecule has 0 aliphatic heterocycles. The van der Waals surface area contributed by atoms with Crippen molar-refractivity contribution in [2.24, 2.45) is 0 Å². The van der Waals surface area contributed by atoms with Crippen LogP contribution in [0.25, 0.3) is 0 Å². The number of rotatable bonds is 3. The molecule has 0 saturated carbocycles. The zero-order valence-corrected chi connectivity index (χ0v) is 11.4. The smallest absolute Gasteiger partial charge is 0.233 e. The molecule has 5 nitrogen and oxygen atoms in total. The number of hydrogen-bond donors (Lipinski definition) is 0. The first kappa shape index (κ1) is 13.3. The van der Waals surface area contributed by atoms with Crippen LogP contribution in [0, 0.1) is 0 Å². The summed E-state index contributed by atoms with van der Waals surface area (Å²) in [6.07, 6.45) is 0. The normalized spacial score (nSPS) is 12.2. The summed E-state index contributed by atoms with van der Waals surface area (Å²) in [7, 11) is 1.51. The highest BCUT2D eigenvalue weighted by Gasteiger charge is 2.18. The lowest BCUT2D eigenvalue weighted by atomic mass is 10.1. The second-order valence-corrected chi connectivity index (χ2v) is 4.46. The third-order valence-corrected chi connectivity index (χ3v) is 3.09. The van der Waals surface area contributed by atoms with Gasteiger partial charge in [0.15, 0.2) is 10.3 Å². The van der Waals surface area contributed by atoms with Crippen LogP contribution < -0.4 is 4.74 Å². The first-order valence-electron chi connectivity index (χ1n) is 4.82. The number of hydrogen-bond acceptors (Lipinski definition) is 5. The molecule has 0 aliphatic carbocycles. The molecule has 2 rings (SSSR count). The van der Waals surface area contributed by atoms with Gasteiger partial charge in [0.05, 0.1) is 12.8 Å². The topological polar surface area (TPSA) is 60.8 Å². The van der Waals surface area contributed by atoms with Gasteiger partial charge in [-0.15, -0.1) is 32.0 Å². The Labute approximate surface area is 118 Å². The van der Waals surface area contributed by atoms with Crippen molar-refractivity contribution in [3.8, 4) is 5.88 Å². The summed E-state index contributed by atoms with van der Waals surface area (Å²) in [6.45, 7) is 0. The predicted molar refractivity (Wildman–Crippen MR) is 68.3 cm³/mol. The molecule has 0 amide bonds. The van der Waals surface area contributed by atoms with Crippen LogP contribution in [-0.2, 0) is 0 Å². The molecule has 2 heterocycles. The molecule has 1 atom stereocenters. The molecule has 0 fully saturated rings. The van der Waals surface area contributed by atoms with Gasteiger partial charge in [0.25, 0.3) is 0 Å². The Hall–Kier alpha value is -1.17. The van der Waals surface area contributed by atoms with E-state index in [0.717, 1.165) is 0 Å². The molecular weight excluding hydrogens is 298 g/mol. The number of halogens is 3. The van der Waals surface area contributed by atoms with Gasteiger partial charge in [-0.1, -0.05) is 23.2 Å². The van der Waals surface area contributed by atoms with Gasteiger partial charge in [-0.3, -0.25) is 0 Å². The first-order valence-corrected chi connectivity index (χ1v) is 6.01. The molecule has 18 heavy (non-hydrogen) atoms. The maximum absolute atomic E-state index is 6.25. The van der Waals surface area contributed by atoms with Gasteiger partial charge in [-0.2, -0.15) is 0 Å². The fraction of sp³-hybridized carbons (Fsp3) is 0.200. The van der Waals surface area contributed by atoms with E-state index in [9.17, 15) is 0 Å². The van der Waals surface area contributed by atoms with Crippen LogP contribution in [-0.4, -0.2) is 27.5 Å². The van der Waals surface area contributed by atoms with Gasteiger partial charge >= 0.3 is 0 Å². The lowest BCUT2D eigenvalue weighted by Gasteiger charge is -2.10. The van der Waals surface area contributed by atoms with Crippen molar-refractivity contribution in [1.29, 1.82) is 0 Å². The molecule has 0 bridgehead atoms. The van der Waals surface area contributed by atoms with Crippen LogP contribution in [0.2, 0.25) is 10.3 Å². The molecule has 2 aromatic heterocycles. The Kier molecular flexibility index (Phi) is 4.16. The SMILES string of the molecule is COc1ccc(C(Cl)c2cc(Cl)nnc2Cl)nn1. The quantitative estimate of drug-likeness (QED) is 0.816. The van der Waals surface area contributed by atoms with Crippen molar-refractivity contribution in [1.82, 2.24) is 20.4 Å². The molecule has 0 N–H and O–H groups in total. The molecule has 0 aliphatic rings. The summed E-state index contributed by atoms with van der Waals surface area (Å²) in [5, 5.41) is 14.8. The Morgan fingerprint density at radius 1 is 1.11 bits per heavy atom. The van der Waals surface area contributed by atoms with Gasteiger partial charge in [-0.05, 0) is 12.1 Å². The van der Waals surface area contributed by atoms with E-state index in [-0.39, 0.29) is 10.3 Å². The van der Waals surface area contributed by atoms with E-state index in [4.69, 9.17) is 39.5 Å². The minimum absolute atomic E-state index is 0.178. The van der Waals surface area contributed by atoms with E-state index in [0.29, 0.717) is 17.1 Å². The highest BCUT2D eigenvalue weighted by molar-refractivity contribution is 6.33. The summed E-state index contributed by atoms with van der Waals surface area (Å²) in [5.41, 5.74) is 1.04. The largest absolute Gasteiger partial charge is 0.480 e. The third-order valence-electron chi connectivity index (χ3n) is 2.15. The molecule has 0 radical (unpaired) electrons. The summed E-state index contributed by atoms with van der Waals surface area (Å²) < 4.78 is 4.91. The zero-order chi connectivity index (χ0) is 13.1. The van der Waals surface area contributed by atoms with Crippen molar-refractivity contribution in [3.63, 3.8) is 0 Å². The minimum atomic E-state index is -0.607. The standard InChI is InChI=1S/C10H7Cl3N4O/c1-18-8-3-2-6(14-16-8)9(12)5-4-7(11)15-17-10(5)13/h2-4,9H,1H3. The number of ether oxygens (including phenoxy) is 1. The number of aromatic nitrogens is 4. The van der Waals surface area contributed by atoms with Gasteiger partial charge in [-0.25, -0.2) is 0 Å². The monoisotopic (exact) mass is 304 g/mol. The summed E-state index contributed by atoms with van der Waals surface area (Å²) in [5.74, 6) is 0.402. The predicted octanol–water partition coefficient (Wildman–Crippen LogP) is 2.91. The Bertz CT molecular complexity index is 549. The van der Waals surface area contributed by atoms with Gasteiger partial charge < -0.3 is 4.74 Å². The second kappa shape index (κ2) is 5.65. The lowest BCUT2D eigenvalue weighted by molar-refractivity contribution is 0.391. The van der Waals surface area contributed by atoms with Crippen LogP contribution in [0.5, 0.6) is 5.88 Å². The van der Waals surface area contributed by atoms with Crippen LogP contribution in [0.15, 0.2) is 18.2 Å². The molecule has 8 heteroatoms. The van der Waals surface area contributed by atoms with Crippen LogP contribution >= 0.6 is 34.8 Å². The summed E-state index contributed by atoms with van der Waals surface area (Å²) in [6, 6.07) is 4.89. The third kappa shape index (κ3) is 2.80. The Morgan fingerprint density at radius 3 is 2.50 bits per heavy atom. The lowest BCUT2D eigenvalue weighted by Crippen LogP contribution is -2.02. The van der Waals surface area contributed by atoms with Gasteiger partial charge in [0, 0.05) is 11.6 Å². The highest BCUT2D eigenvalue weighted by Crippen LogP contribution is 2.32. The Balaban J connectivity index is 2.34. The molecule has 0 aromatic carbocycles. The summed E-state index contributed by atoms with van der Waals surface area (Å²) >= 11 is 17.9. The number of methoxy groups -OCH3 is 1. The van der Waals surface area contributed by atoms with Gasteiger partial charge in [0.1, 0.15) is 5.38 Å². The van der Waals surface area contributed by atoms with Crippen molar-refractivity contribution in [3.05, 3.63) is 39.8 Å². The average molecular weight is 306 g/mol. The maximum atomic E-state index is 6.25. The first-order chi connectivity index (χ1) is 8.61. The number of nitrogens with zero attached hydrogens (tertiary/aromatic N) is 4. The molecular formula is C10H7Cl3N4O. The van der Waals surface area contributed by atoms with E-state index in [1.54, 1.807) is 18.2 Å². The van der Waals surface area contributed by atoms with Crippen LogP contribution in [0.3, 0.4) is 0 Å². The minimum Gasteiger partial charge on any atom is -0.480 e. The van der Waals surface area contributed by atoms with E-state index in [2.05, 4.69) is 20.4 Å². The van der Waals surface area contributed by atoms with E-state index >= 15 is 0 Å². The molecule has 94 valence electrons. The van der Waals surface area contributed by atoms with E-state index < -0.39 is 5.38 Å². The van der Waals surface area contributed by atoms with E-state index in [1.807, 2.05) is 0 Å². The fourth-order valence-electron chi connectivity index (χ4n) is 1.28. The average Bonchev–Trinajstić information content (AvgIpc) is 2.41. The van der Waals surface area contributed by atoms with Crippen molar-refractivity contribution >= 4 is 34.8 Å². The van der Waals surface area contributed by atoms with Crippen LogP contribution in [0.4, 0.5) is 0 Å². The number of alkyl halides is 1. The molecule has 1 unspecified atom stereocenters. The summed E-state index contributed by atoms with van der Waals surface area (Å²) in [4.78, 5) is 0. The zero-order valence-electron chi connectivity index (χ0n) is 9.14. The van der Waals surface area contributed by atoms with E-state index in [1.165, 1.54) is 7.11 Å². The maximum Gasteiger partial charge on any atom is 0.233 e. The highest BCUT2D eigenvalue weighted by atomic mass is 35.5. The van der Waals surface area contributed by atoms with Gasteiger partial charge in [0.2, 0.25) is 5.88 Å². The van der Waals surface area contributed by atoms with Crippen molar-refractivity contribution < 1.29 is 4.74 Å². The molecule has 2 aromatic rings. The molecule has 0 saturated heterocycles.